The number of benzene rings is 1. The Bertz CT molecular complexity index is 640. The summed E-state index contributed by atoms with van der Waals surface area (Å²) in [4.78, 5) is 11.3. The molecule has 2 rings (SSSR count). The normalized spacial score (nSPS) is 19.5. The minimum atomic E-state index is -0.697. The molecule has 0 aromatic heterocycles. The summed E-state index contributed by atoms with van der Waals surface area (Å²) in [7, 11) is -0.697. The largest absolute Gasteiger partial charge is 0.492 e. The molecule has 1 aromatic carbocycles. The second-order valence-electron chi connectivity index (χ2n) is 6.85. The van der Waals surface area contributed by atoms with E-state index in [9.17, 15) is 9.18 Å². The van der Waals surface area contributed by atoms with Crippen molar-refractivity contribution in [3.05, 3.63) is 40.1 Å². The Kier molecular flexibility index (Phi) is 5.42. The zero-order valence-electron chi connectivity index (χ0n) is 14.6. The number of nitrogens with one attached hydrogen (secondary N) is 1. The maximum absolute atomic E-state index is 14.1. The number of carbonyl (C=O) groups is 1. The van der Waals surface area contributed by atoms with Gasteiger partial charge in [-0.15, -0.1) is 0 Å². The Hall–Kier alpha value is -1.37. The van der Waals surface area contributed by atoms with Crippen LogP contribution in [0, 0.1) is 5.82 Å². The molecule has 1 aromatic rings. The molecule has 1 fully saturated rings. The van der Waals surface area contributed by atoms with Crippen molar-refractivity contribution in [1.29, 1.82) is 0 Å². The molecule has 0 radical (unpaired) electrons. The van der Waals surface area contributed by atoms with Gasteiger partial charge in [-0.2, -0.15) is 0 Å². The fraction of sp³-hybridized carbons (Fsp3) is 0.471. The van der Waals surface area contributed by atoms with Crippen LogP contribution >= 0.6 is 11.6 Å². The van der Waals surface area contributed by atoms with Gasteiger partial charge >= 0.3 is 7.12 Å². The first-order valence-electron chi connectivity index (χ1n) is 7.78. The van der Waals surface area contributed by atoms with Crippen molar-refractivity contribution in [1.82, 2.24) is 5.32 Å². The molecule has 0 spiro atoms. The first-order chi connectivity index (χ1) is 11.0. The maximum atomic E-state index is 14.1. The Labute approximate surface area is 147 Å². The maximum Gasteiger partial charge on any atom is 0.492 e. The van der Waals surface area contributed by atoms with Crippen molar-refractivity contribution in [3.63, 3.8) is 0 Å². The van der Waals surface area contributed by atoms with Gasteiger partial charge in [0.2, 0.25) is 5.91 Å². The van der Waals surface area contributed by atoms with Crippen LogP contribution in [0.25, 0.3) is 6.08 Å². The van der Waals surface area contributed by atoms with E-state index >= 15 is 0 Å². The standard InChI is InChI=1S/C17H22BClFNO3/c1-11(22)21-10-12(9-13-14(19)7-6-8-15(13)20)18-23-16(2,3)17(4,5)24-18/h6-9H,10H2,1-5H3,(H,21,22). The summed E-state index contributed by atoms with van der Waals surface area (Å²) in [6.45, 7) is 9.31. The van der Waals surface area contributed by atoms with E-state index in [4.69, 9.17) is 20.9 Å². The molecular weight excluding hydrogens is 331 g/mol. The average Bonchev–Trinajstić information content (AvgIpc) is 2.65. The van der Waals surface area contributed by atoms with Gasteiger partial charge in [-0.05, 0) is 45.3 Å². The molecule has 0 bridgehead atoms. The highest BCUT2D eigenvalue weighted by Crippen LogP contribution is 2.39. The van der Waals surface area contributed by atoms with Crippen LogP contribution in [0.15, 0.2) is 23.7 Å². The van der Waals surface area contributed by atoms with Gasteiger partial charge in [0, 0.05) is 19.0 Å². The molecule has 0 saturated carbocycles. The van der Waals surface area contributed by atoms with Gasteiger partial charge in [0.1, 0.15) is 5.82 Å². The molecule has 4 nitrogen and oxygen atoms in total. The third kappa shape index (κ3) is 3.99. The number of hydrogen-bond donors (Lipinski definition) is 1. The van der Waals surface area contributed by atoms with Gasteiger partial charge < -0.3 is 14.6 Å². The third-order valence-corrected chi connectivity index (χ3v) is 4.76. The molecule has 1 amide bonds. The number of carbonyl (C=O) groups excluding carboxylic acids is 1. The zero-order valence-corrected chi connectivity index (χ0v) is 15.3. The van der Waals surface area contributed by atoms with E-state index < -0.39 is 24.1 Å². The number of rotatable bonds is 4. The van der Waals surface area contributed by atoms with Crippen LogP contribution in [0.4, 0.5) is 4.39 Å². The lowest BCUT2D eigenvalue weighted by molar-refractivity contribution is -0.118. The van der Waals surface area contributed by atoms with Crippen molar-refractivity contribution >= 4 is 30.7 Å². The van der Waals surface area contributed by atoms with Gasteiger partial charge in [0.05, 0.1) is 16.2 Å². The smallest absolute Gasteiger partial charge is 0.400 e. The predicted molar refractivity (Wildman–Crippen MR) is 94.2 cm³/mol. The lowest BCUT2D eigenvalue weighted by Gasteiger charge is -2.32. The number of amides is 1. The molecule has 1 saturated heterocycles. The summed E-state index contributed by atoms with van der Waals surface area (Å²) < 4.78 is 26.1. The Morgan fingerprint density at radius 3 is 2.38 bits per heavy atom. The fourth-order valence-corrected chi connectivity index (χ4v) is 2.47. The summed E-state index contributed by atoms with van der Waals surface area (Å²) in [5, 5.41) is 2.99. The van der Waals surface area contributed by atoms with Crippen molar-refractivity contribution < 1.29 is 18.5 Å². The van der Waals surface area contributed by atoms with Crippen LogP contribution in [0.1, 0.15) is 40.2 Å². The predicted octanol–water partition coefficient (Wildman–Crippen LogP) is 3.63. The number of halogens is 2. The van der Waals surface area contributed by atoms with E-state index in [1.54, 1.807) is 12.1 Å². The second kappa shape index (κ2) is 6.86. The van der Waals surface area contributed by atoms with E-state index in [0.29, 0.717) is 5.47 Å². The van der Waals surface area contributed by atoms with Crippen LogP contribution in [-0.4, -0.2) is 30.8 Å². The van der Waals surface area contributed by atoms with Gasteiger partial charge in [-0.25, -0.2) is 4.39 Å². The average molecular weight is 354 g/mol. The molecule has 7 heteroatoms. The third-order valence-electron chi connectivity index (χ3n) is 4.43. The highest BCUT2D eigenvalue weighted by molar-refractivity contribution is 6.56. The number of hydrogen-bond acceptors (Lipinski definition) is 3. The molecule has 1 N–H and O–H groups in total. The quantitative estimate of drug-likeness (QED) is 0.841. The van der Waals surface area contributed by atoms with Crippen molar-refractivity contribution in [2.45, 2.75) is 45.8 Å². The summed E-state index contributed by atoms with van der Waals surface area (Å²) in [5.41, 5.74) is -0.233. The summed E-state index contributed by atoms with van der Waals surface area (Å²) in [5.74, 6) is -0.642. The molecule has 0 atom stereocenters. The molecule has 1 aliphatic rings. The SMILES string of the molecule is CC(=O)NCC(=Cc1c(F)cccc1Cl)B1OC(C)(C)C(C)(C)O1. The van der Waals surface area contributed by atoms with E-state index in [2.05, 4.69) is 5.32 Å². The van der Waals surface area contributed by atoms with Gasteiger partial charge in [0.25, 0.3) is 0 Å². The fourth-order valence-electron chi connectivity index (χ4n) is 2.26. The van der Waals surface area contributed by atoms with Gasteiger partial charge in [0.15, 0.2) is 0 Å². The van der Waals surface area contributed by atoms with Gasteiger partial charge in [-0.3, -0.25) is 4.79 Å². The molecule has 130 valence electrons. The first-order valence-corrected chi connectivity index (χ1v) is 8.16. The van der Waals surface area contributed by atoms with E-state index in [1.165, 1.54) is 19.1 Å². The molecule has 24 heavy (non-hydrogen) atoms. The summed E-state index contributed by atoms with van der Waals surface area (Å²) in [6, 6.07) is 4.48. The van der Waals surface area contributed by atoms with E-state index in [1.807, 2.05) is 27.7 Å². The monoisotopic (exact) mass is 353 g/mol. The van der Waals surface area contributed by atoms with Crippen LogP contribution in [0.3, 0.4) is 0 Å². The molecular formula is C17H22BClFNO3. The Morgan fingerprint density at radius 1 is 1.29 bits per heavy atom. The summed E-state index contributed by atoms with van der Waals surface area (Å²) in [6.07, 6.45) is 1.58. The van der Waals surface area contributed by atoms with E-state index in [0.717, 1.165) is 0 Å². The van der Waals surface area contributed by atoms with Crippen LogP contribution in [-0.2, 0) is 14.1 Å². The first kappa shape index (κ1) is 19.0. The van der Waals surface area contributed by atoms with Gasteiger partial charge in [-0.1, -0.05) is 23.7 Å². The minimum Gasteiger partial charge on any atom is -0.400 e. The highest BCUT2D eigenvalue weighted by Gasteiger charge is 2.52. The Balaban J connectivity index is 2.39. The molecule has 1 heterocycles. The molecule has 1 aliphatic heterocycles. The minimum absolute atomic E-state index is 0.177. The summed E-state index contributed by atoms with van der Waals surface area (Å²) >= 11 is 6.10. The highest BCUT2D eigenvalue weighted by atomic mass is 35.5. The second-order valence-corrected chi connectivity index (χ2v) is 7.26. The van der Waals surface area contributed by atoms with Crippen molar-refractivity contribution in [2.75, 3.05) is 6.54 Å². The topological polar surface area (TPSA) is 47.6 Å². The lowest BCUT2D eigenvalue weighted by Crippen LogP contribution is -2.41. The Morgan fingerprint density at radius 2 is 1.88 bits per heavy atom. The van der Waals surface area contributed by atoms with Crippen LogP contribution in [0.5, 0.6) is 0 Å². The lowest BCUT2D eigenvalue weighted by atomic mass is 9.77. The van der Waals surface area contributed by atoms with Crippen molar-refractivity contribution in [3.8, 4) is 0 Å². The molecule has 0 unspecified atom stereocenters. The van der Waals surface area contributed by atoms with E-state index in [-0.39, 0.29) is 23.0 Å². The molecule has 0 aliphatic carbocycles. The van der Waals surface area contributed by atoms with Crippen LogP contribution in [0.2, 0.25) is 5.02 Å². The van der Waals surface area contributed by atoms with Crippen LogP contribution < -0.4 is 5.32 Å². The van der Waals surface area contributed by atoms with Crippen molar-refractivity contribution in [2.24, 2.45) is 0 Å². The zero-order chi connectivity index (χ0) is 18.1.